The Kier molecular flexibility index (Phi) is 18.9. The van der Waals surface area contributed by atoms with Crippen LogP contribution >= 0.6 is 11.3 Å². The number of furan rings is 1. The normalized spacial score (nSPS) is 12.6. The van der Waals surface area contributed by atoms with Gasteiger partial charge in [-0.05, 0) is 190 Å². The summed E-state index contributed by atoms with van der Waals surface area (Å²) in [4.78, 5) is 4.91. The van der Waals surface area contributed by atoms with Gasteiger partial charge in [0, 0.05) is 70.4 Å². The predicted molar refractivity (Wildman–Crippen MR) is 530 cm³/mol. The lowest BCUT2D eigenvalue weighted by atomic mass is 9.67. The van der Waals surface area contributed by atoms with Gasteiger partial charge in [0.2, 0.25) is 0 Å². The number of thiophene rings is 1. The molecular weight excluding hydrogens is 1540 g/mol. The first-order chi connectivity index (χ1) is 62.5. The molecule has 2 heterocycles. The van der Waals surface area contributed by atoms with Crippen LogP contribution in [0.25, 0.3) is 131 Å². The molecule has 0 unspecified atom stereocenters. The SMILES string of the molecule is c1ccc(-c2ccc(-c3ccccc3N(c3ccc(-c4cccc5c4oc4ccccc45)cc3)c3ccc4c(c3)C(c3ccccc3)(c3ccccc3)c3ccccc3-4)cc2)cc1.c1ccc(-c2ccc(-c3ccccc3N(c3ccc(-c4cccc5c4sc4ccccc45)cc3)c3ccc4c(c3)C(c3ccccc3)(c3ccccc3)c3ccccc3-4)cc2)cc1. The molecule has 0 atom stereocenters. The van der Waals surface area contributed by atoms with Gasteiger partial charge in [-0.15, -0.1) is 11.3 Å². The summed E-state index contributed by atoms with van der Waals surface area (Å²) < 4.78 is 9.15. The largest absolute Gasteiger partial charge is 0.455 e. The quantitative estimate of drug-likeness (QED) is 0.0961. The van der Waals surface area contributed by atoms with Crippen molar-refractivity contribution >= 4 is 87.6 Å². The molecule has 22 aromatic rings. The summed E-state index contributed by atoms with van der Waals surface area (Å²) in [5.41, 5.74) is 36.6. The van der Waals surface area contributed by atoms with Gasteiger partial charge in [-0.1, -0.05) is 425 Å². The van der Waals surface area contributed by atoms with Crippen molar-refractivity contribution in [2.75, 3.05) is 9.80 Å². The van der Waals surface area contributed by atoms with E-state index in [1.165, 1.54) is 126 Å². The molecule has 2 aliphatic rings. The van der Waals surface area contributed by atoms with Crippen LogP contribution in [0.2, 0.25) is 0 Å². The third-order valence-corrected chi connectivity index (χ3v) is 27.2. The molecule has 0 fully saturated rings. The zero-order valence-corrected chi connectivity index (χ0v) is 69.9. The van der Waals surface area contributed by atoms with E-state index in [1.54, 1.807) is 0 Å². The maximum Gasteiger partial charge on any atom is 0.143 e. The Morgan fingerprint density at radius 2 is 0.500 bits per heavy atom. The third-order valence-electron chi connectivity index (χ3n) is 26.0. The van der Waals surface area contributed by atoms with Gasteiger partial charge < -0.3 is 14.2 Å². The van der Waals surface area contributed by atoms with Crippen molar-refractivity contribution in [1.82, 2.24) is 0 Å². The molecule has 4 heteroatoms. The van der Waals surface area contributed by atoms with Crippen molar-refractivity contribution in [1.29, 1.82) is 0 Å². The lowest BCUT2D eigenvalue weighted by Crippen LogP contribution is -2.28. The Bertz CT molecular complexity index is 7240. The summed E-state index contributed by atoms with van der Waals surface area (Å²) in [6.07, 6.45) is 0. The van der Waals surface area contributed by atoms with E-state index in [4.69, 9.17) is 4.42 Å². The van der Waals surface area contributed by atoms with Gasteiger partial charge in [-0.2, -0.15) is 0 Å². The van der Waals surface area contributed by atoms with Crippen LogP contribution in [0.1, 0.15) is 44.5 Å². The van der Waals surface area contributed by atoms with E-state index in [0.29, 0.717) is 0 Å². The standard InChI is InChI=1S/C61H41NO.C61H41NS/c2*1-4-17-42(18-5-1)43-31-33-44(34-32-43)50-23-11-14-29-58(50)62(48-37-35-45(36-38-48)51-26-16-27-55-54-25-12-15-30-59(54)63-60(51)55)49-39-40-53-52-24-10-13-28-56(52)61(57(53)41-49,46-19-6-2-7-20-46)47-21-8-3-9-22-47/h2*1-41H. The van der Waals surface area contributed by atoms with Crippen LogP contribution in [-0.4, -0.2) is 0 Å². The van der Waals surface area contributed by atoms with Crippen molar-refractivity contribution in [3.8, 4) is 89.0 Å². The second-order valence-electron chi connectivity index (χ2n) is 32.8. The maximum absolute atomic E-state index is 6.51. The minimum atomic E-state index is -0.530. The highest BCUT2D eigenvalue weighted by molar-refractivity contribution is 7.26. The Labute approximate surface area is 738 Å². The van der Waals surface area contributed by atoms with Gasteiger partial charge >= 0.3 is 0 Å². The Balaban J connectivity index is 0.000000145. The molecule has 0 amide bonds. The number of nitrogens with zero attached hydrogens (tertiary/aromatic N) is 2. The monoisotopic (exact) mass is 1620 g/mol. The second-order valence-corrected chi connectivity index (χ2v) is 33.8. The van der Waals surface area contributed by atoms with Crippen LogP contribution in [0.3, 0.4) is 0 Å². The molecule has 0 N–H and O–H groups in total. The summed E-state index contributed by atoms with van der Waals surface area (Å²) in [5, 5.41) is 4.88. The van der Waals surface area contributed by atoms with Crippen molar-refractivity contribution in [3.05, 3.63) is 542 Å². The summed E-state index contributed by atoms with van der Waals surface area (Å²) in [6.45, 7) is 0. The highest BCUT2D eigenvalue weighted by Gasteiger charge is 2.48. The number of benzene rings is 20. The summed E-state index contributed by atoms with van der Waals surface area (Å²) in [7, 11) is 0. The number of rotatable bonds is 16. The molecule has 20 aromatic carbocycles. The molecule has 0 saturated carbocycles. The van der Waals surface area contributed by atoms with E-state index < -0.39 is 10.8 Å². The Morgan fingerprint density at radius 1 is 0.190 bits per heavy atom. The molecule has 2 aromatic heterocycles. The Hall–Kier alpha value is -16.0. The van der Waals surface area contributed by atoms with Gasteiger partial charge in [0.05, 0.1) is 22.2 Å². The van der Waals surface area contributed by atoms with Gasteiger partial charge in [0.15, 0.2) is 0 Å². The fourth-order valence-corrected chi connectivity index (χ4v) is 21.5. The number of hydrogen-bond acceptors (Lipinski definition) is 4. The van der Waals surface area contributed by atoms with Crippen LogP contribution < -0.4 is 9.80 Å². The fraction of sp³-hybridized carbons (Fsp3) is 0.0164. The summed E-state index contributed by atoms with van der Waals surface area (Å²) >= 11 is 1.88. The highest BCUT2D eigenvalue weighted by atomic mass is 32.1. The molecule has 2 aliphatic carbocycles. The molecule has 0 aliphatic heterocycles. The van der Waals surface area contributed by atoms with E-state index in [-0.39, 0.29) is 0 Å². The van der Waals surface area contributed by atoms with Crippen LogP contribution in [0.5, 0.6) is 0 Å². The number of hydrogen-bond donors (Lipinski definition) is 0. The molecule has 3 nitrogen and oxygen atoms in total. The molecule has 126 heavy (non-hydrogen) atoms. The molecule has 0 radical (unpaired) electrons. The second kappa shape index (κ2) is 31.8. The fourth-order valence-electron chi connectivity index (χ4n) is 20.3. The van der Waals surface area contributed by atoms with E-state index in [0.717, 1.165) is 83.9 Å². The number of anilines is 6. The van der Waals surface area contributed by atoms with Crippen LogP contribution in [-0.2, 0) is 10.8 Å². The van der Waals surface area contributed by atoms with Crippen molar-refractivity contribution in [2.45, 2.75) is 10.8 Å². The molecule has 0 saturated heterocycles. The molecule has 592 valence electrons. The average Bonchev–Trinajstić information content (AvgIpc) is 1.54. The first-order valence-corrected chi connectivity index (χ1v) is 44.2. The third kappa shape index (κ3) is 12.7. The van der Waals surface area contributed by atoms with E-state index >= 15 is 0 Å². The van der Waals surface area contributed by atoms with Crippen molar-refractivity contribution in [2.24, 2.45) is 0 Å². The minimum Gasteiger partial charge on any atom is -0.455 e. The van der Waals surface area contributed by atoms with E-state index in [9.17, 15) is 0 Å². The van der Waals surface area contributed by atoms with Gasteiger partial charge in [0.25, 0.3) is 0 Å². The molecule has 0 bridgehead atoms. The lowest BCUT2D eigenvalue weighted by molar-refractivity contribution is 0.670. The van der Waals surface area contributed by atoms with Crippen LogP contribution in [0, 0.1) is 0 Å². The predicted octanol–water partition coefficient (Wildman–Crippen LogP) is 33.3. The van der Waals surface area contributed by atoms with Crippen molar-refractivity contribution < 1.29 is 4.42 Å². The highest BCUT2D eigenvalue weighted by Crippen LogP contribution is 2.60. The first-order valence-electron chi connectivity index (χ1n) is 43.3. The first kappa shape index (κ1) is 75.0. The Morgan fingerprint density at radius 3 is 0.968 bits per heavy atom. The van der Waals surface area contributed by atoms with Crippen molar-refractivity contribution in [3.63, 3.8) is 0 Å². The summed E-state index contributed by atoms with van der Waals surface area (Å²) in [6, 6.07) is 182. The molecular formula is C122H82N2OS. The maximum atomic E-state index is 6.51. The minimum absolute atomic E-state index is 0.518. The molecule has 0 spiro atoms. The number of para-hydroxylation sites is 4. The number of fused-ring (bicyclic) bond motifs is 12. The topological polar surface area (TPSA) is 19.6 Å². The zero-order valence-electron chi connectivity index (χ0n) is 69.1. The van der Waals surface area contributed by atoms with Gasteiger partial charge in [-0.3, -0.25) is 0 Å². The van der Waals surface area contributed by atoms with Crippen LogP contribution in [0.4, 0.5) is 34.1 Å². The molecule has 24 rings (SSSR count). The lowest BCUT2D eigenvalue weighted by Gasteiger charge is -2.35. The summed E-state index contributed by atoms with van der Waals surface area (Å²) in [5.74, 6) is 0. The van der Waals surface area contributed by atoms with Gasteiger partial charge in [-0.25, -0.2) is 0 Å². The smallest absolute Gasteiger partial charge is 0.143 e. The van der Waals surface area contributed by atoms with Gasteiger partial charge in [0.1, 0.15) is 11.2 Å². The van der Waals surface area contributed by atoms with Crippen LogP contribution in [0.15, 0.2) is 502 Å². The zero-order chi connectivity index (χ0) is 83.5. The average molecular weight is 1620 g/mol. The van der Waals surface area contributed by atoms with E-state index in [1.807, 2.05) is 23.5 Å². The van der Waals surface area contributed by atoms with E-state index in [2.05, 4.69) is 495 Å².